The number of amides is 1. The van der Waals surface area contributed by atoms with E-state index in [1.165, 1.54) is 0 Å². The van der Waals surface area contributed by atoms with Crippen molar-refractivity contribution in [3.8, 4) is 17.2 Å². The normalized spacial score (nSPS) is 14.0. The number of fused-ring (bicyclic) bond motifs is 1. The number of nitrogens with zero attached hydrogens (tertiary/aromatic N) is 1. The van der Waals surface area contributed by atoms with E-state index in [1.807, 2.05) is 26.0 Å². The molecule has 2 aromatic rings. The summed E-state index contributed by atoms with van der Waals surface area (Å²) in [6.07, 6.45) is 1.06. The van der Waals surface area contributed by atoms with Gasteiger partial charge in [0.2, 0.25) is 15.9 Å². The summed E-state index contributed by atoms with van der Waals surface area (Å²) in [5.41, 5.74) is 1.15. The lowest BCUT2D eigenvalue weighted by Crippen LogP contribution is -2.41. The second-order valence-corrected chi connectivity index (χ2v) is 8.77. The van der Waals surface area contributed by atoms with Crippen molar-refractivity contribution in [1.82, 2.24) is 5.32 Å². The highest BCUT2D eigenvalue weighted by Crippen LogP contribution is 2.33. The summed E-state index contributed by atoms with van der Waals surface area (Å²) in [4.78, 5) is 12.7. The molecule has 0 unspecified atom stereocenters. The minimum atomic E-state index is -3.71. The molecule has 0 aromatic heterocycles. The molecule has 1 heterocycles. The highest BCUT2D eigenvalue weighted by Gasteiger charge is 2.25. The fourth-order valence-electron chi connectivity index (χ4n) is 3.15. The highest BCUT2D eigenvalue weighted by atomic mass is 32.2. The number of para-hydroxylation sites is 2. The average Bonchev–Trinajstić information content (AvgIpc) is 2.71. The zero-order valence-electron chi connectivity index (χ0n) is 17.3. The van der Waals surface area contributed by atoms with E-state index >= 15 is 0 Å². The van der Waals surface area contributed by atoms with Gasteiger partial charge in [-0.2, -0.15) is 0 Å². The summed E-state index contributed by atoms with van der Waals surface area (Å²) in [7, 11) is -3.71. The number of sulfonamides is 1. The van der Waals surface area contributed by atoms with E-state index in [0.717, 1.165) is 16.1 Å². The number of carbonyl (C=O) groups is 1. The predicted molar refractivity (Wildman–Crippen MR) is 114 cm³/mol. The van der Waals surface area contributed by atoms with Gasteiger partial charge in [0.05, 0.1) is 24.6 Å². The van der Waals surface area contributed by atoms with Crippen molar-refractivity contribution in [3.05, 3.63) is 48.0 Å². The number of benzene rings is 2. The summed E-state index contributed by atoms with van der Waals surface area (Å²) in [5, 5.41) is 2.84. The summed E-state index contributed by atoms with van der Waals surface area (Å²) in [6, 6.07) is 11.8. The summed E-state index contributed by atoms with van der Waals surface area (Å²) in [6.45, 7) is 4.62. The van der Waals surface area contributed by atoms with E-state index in [-0.39, 0.29) is 12.6 Å². The minimum absolute atomic E-state index is 0.323. The molecule has 1 N–H and O–H groups in total. The molecule has 0 radical (unpaired) electrons. The average molecular weight is 435 g/mol. The number of carbonyl (C=O) groups excluding carboxylic acids is 1. The first-order valence-corrected chi connectivity index (χ1v) is 11.5. The van der Waals surface area contributed by atoms with Crippen molar-refractivity contribution >= 4 is 21.6 Å². The summed E-state index contributed by atoms with van der Waals surface area (Å²) < 4.78 is 42.5. The van der Waals surface area contributed by atoms with Crippen LogP contribution in [-0.4, -0.2) is 46.9 Å². The van der Waals surface area contributed by atoms with Crippen LogP contribution >= 0.6 is 0 Å². The lowest BCUT2D eigenvalue weighted by molar-refractivity contribution is -0.120. The van der Waals surface area contributed by atoms with Crippen molar-refractivity contribution in [1.29, 1.82) is 0 Å². The first kappa shape index (κ1) is 21.8. The molecule has 2 aromatic carbocycles. The third kappa shape index (κ3) is 5.15. The van der Waals surface area contributed by atoms with E-state index < -0.39 is 15.9 Å². The molecule has 1 atom stereocenters. The number of rotatable bonds is 8. The van der Waals surface area contributed by atoms with Crippen LogP contribution < -0.4 is 23.8 Å². The molecule has 0 saturated carbocycles. The maximum absolute atomic E-state index is 12.7. The van der Waals surface area contributed by atoms with Gasteiger partial charge < -0.3 is 19.5 Å². The topological polar surface area (TPSA) is 94.2 Å². The molecule has 0 aliphatic carbocycles. The second kappa shape index (κ2) is 9.25. The van der Waals surface area contributed by atoms with Gasteiger partial charge in [-0.3, -0.25) is 9.10 Å². The molecule has 0 fully saturated rings. The van der Waals surface area contributed by atoms with Gasteiger partial charge in [0.15, 0.2) is 11.5 Å². The highest BCUT2D eigenvalue weighted by molar-refractivity contribution is 7.92. The van der Waals surface area contributed by atoms with Crippen LogP contribution in [0.5, 0.6) is 17.2 Å². The van der Waals surface area contributed by atoms with Crippen LogP contribution in [-0.2, 0) is 14.8 Å². The molecule has 1 aliphatic heterocycles. The van der Waals surface area contributed by atoms with Gasteiger partial charge in [-0.1, -0.05) is 18.2 Å². The zero-order valence-corrected chi connectivity index (χ0v) is 18.1. The van der Waals surface area contributed by atoms with Crippen LogP contribution in [0.2, 0.25) is 0 Å². The molecule has 30 heavy (non-hydrogen) atoms. The molecule has 1 amide bonds. The van der Waals surface area contributed by atoms with E-state index in [9.17, 15) is 13.2 Å². The Hall–Kier alpha value is -2.94. The molecule has 1 aliphatic rings. The third-order valence-electron chi connectivity index (χ3n) is 4.57. The van der Waals surface area contributed by atoms with Crippen LogP contribution in [0.3, 0.4) is 0 Å². The predicted octanol–water partition coefficient (Wildman–Crippen LogP) is 2.50. The lowest BCUT2D eigenvalue weighted by Gasteiger charge is -2.25. The Morgan fingerprint density at radius 3 is 2.57 bits per heavy atom. The Kier molecular flexibility index (Phi) is 6.71. The van der Waals surface area contributed by atoms with E-state index in [2.05, 4.69) is 5.32 Å². The van der Waals surface area contributed by atoms with Gasteiger partial charge in [0.1, 0.15) is 25.5 Å². The monoisotopic (exact) mass is 434 g/mol. The Bertz CT molecular complexity index is 1010. The SMILES string of the molecule is CCOc1ccccc1N(CC(=O)N[C@@H](C)c1ccc2c(c1)OCCO2)S(C)(=O)=O. The fraction of sp³-hybridized carbons (Fsp3) is 0.381. The first-order chi connectivity index (χ1) is 14.3. The molecule has 9 heteroatoms. The van der Waals surface area contributed by atoms with Crippen LogP contribution in [0.25, 0.3) is 0 Å². The largest absolute Gasteiger partial charge is 0.492 e. The molecule has 0 saturated heterocycles. The molecular weight excluding hydrogens is 408 g/mol. The van der Waals surface area contributed by atoms with Crippen LogP contribution in [0, 0.1) is 0 Å². The molecule has 8 nitrogen and oxygen atoms in total. The second-order valence-electron chi connectivity index (χ2n) is 6.86. The van der Waals surface area contributed by atoms with Gasteiger partial charge in [0.25, 0.3) is 0 Å². The van der Waals surface area contributed by atoms with Gasteiger partial charge in [0, 0.05) is 0 Å². The standard InChI is InChI=1S/C21H26N2O6S/c1-4-27-18-8-6-5-7-17(18)23(30(3,25)26)14-21(24)22-15(2)16-9-10-19-20(13-16)29-12-11-28-19/h5-10,13,15H,4,11-12,14H2,1-3H3,(H,22,24)/t15-/m0/s1. The van der Waals surface area contributed by atoms with Crippen molar-refractivity contribution in [2.75, 3.05) is 36.9 Å². The smallest absolute Gasteiger partial charge is 0.241 e. The Labute approximate surface area is 176 Å². The number of nitrogens with one attached hydrogen (secondary N) is 1. The van der Waals surface area contributed by atoms with Crippen LogP contribution in [0.1, 0.15) is 25.5 Å². The fourth-order valence-corrected chi connectivity index (χ4v) is 4.01. The van der Waals surface area contributed by atoms with Crippen molar-refractivity contribution in [2.24, 2.45) is 0 Å². The van der Waals surface area contributed by atoms with Crippen molar-refractivity contribution in [2.45, 2.75) is 19.9 Å². The van der Waals surface area contributed by atoms with Crippen molar-refractivity contribution < 1.29 is 27.4 Å². The first-order valence-electron chi connectivity index (χ1n) is 9.68. The number of hydrogen-bond acceptors (Lipinski definition) is 6. The molecule has 162 valence electrons. The minimum Gasteiger partial charge on any atom is -0.492 e. The summed E-state index contributed by atoms with van der Waals surface area (Å²) in [5.74, 6) is 1.26. The quantitative estimate of drug-likeness (QED) is 0.686. The number of hydrogen-bond donors (Lipinski definition) is 1. The van der Waals surface area contributed by atoms with Crippen LogP contribution in [0.15, 0.2) is 42.5 Å². The van der Waals surface area contributed by atoms with Gasteiger partial charge >= 0.3 is 0 Å². The number of ether oxygens (including phenoxy) is 3. The Balaban J connectivity index is 1.75. The maximum Gasteiger partial charge on any atom is 0.241 e. The Morgan fingerprint density at radius 2 is 1.87 bits per heavy atom. The third-order valence-corrected chi connectivity index (χ3v) is 5.69. The van der Waals surface area contributed by atoms with Gasteiger partial charge in [-0.25, -0.2) is 8.42 Å². The van der Waals surface area contributed by atoms with Crippen LogP contribution in [0.4, 0.5) is 5.69 Å². The van der Waals surface area contributed by atoms with E-state index in [4.69, 9.17) is 14.2 Å². The molecule has 3 rings (SSSR count). The van der Waals surface area contributed by atoms with E-state index in [1.54, 1.807) is 30.3 Å². The molecular formula is C21H26N2O6S. The van der Waals surface area contributed by atoms with Gasteiger partial charge in [-0.05, 0) is 43.7 Å². The van der Waals surface area contributed by atoms with Gasteiger partial charge in [-0.15, -0.1) is 0 Å². The van der Waals surface area contributed by atoms with E-state index in [0.29, 0.717) is 42.8 Å². The Morgan fingerprint density at radius 1 is 1.17 bits per heavy atom. The molecule has 0 spiro atoms. The van der Waals surface area contributed by atoms with Crippen molar-refractivity contribution in [3.63, 3.8) is 0 Å². The summed E-state index contributed by atoms with van der Waals surface area (Å²) >= 11 is 0. The maximum atomic E-state index is 12.7. The molecule has 0 bridgehead atoms. The number of anilines is 1. The zero-order chi connectivity index (χ0) is 21.7. The lowest BCUT2D eigenvalue weighted by atomic mass is 10.1.